The van der Waals surface area contributed by atoms with Crippen LogP contribution in [0, 0.1) is 5.82 Å². The third-order valence-corrected chi connectivity index (χ3v) is 6.09. The highest BCUT2D eigenvalue weighted by Gasteiger charge is 2.47. The molecule has 0 saturated heterocycles. The molecule has 10 heteroatoms. The standard InChI is InChI=1S/C22H20F4N4O2/c1-12-4-5-13-9-14(23)6-7-17(13)29(12)21(31)16-11-20-27-15(18-3-2-8-32-18)10-19(22(24,25)26)30(20)28-16/h2-3,6-9,11-12,15,19,27H,4-5,10H2,1H3/t12-,15-,19-/m0/s1. The first kappa shape index (κ1) is 20.6. The SMILES string of the molecule is C[C@H]1CCc2cc(F)ccc2N1C(=O)c1cc2n(n1)[C@H](C(F)(F)F)C[C@@H](c1ccco1)N2. The summed E-state index contributed by atoms with van der Waals surface area (Å²) in [6.45, 7) is 1.85. The Morgan fingerprint density at radius 3 is 2.78 bits per heavy atom. The first-order valence-electron chi connectivity index (χ1n) is 10.3. The van der Waals surface area contributed by atoms with Crippen LogP contribution >= 0.6 is 0 Å². The van der Waals surface area contributed by atoms with Gasteiger partial charge in [-0.1, -0.05) is 0 Å². The highest BCUT2D eigenvalue weighted by Crippen LogP contribution is 2.44. The van der Waals surface area contributed by atoms with E-state index in [4.69, 9.17) is 4.42 Å². The molecule has 2 aliphatic rings. The van der Waals surface area contributed by atoms with E-state index in [1.807, 2.05) is 6.92 Å². The second kappa shape index (κ2) is 7.39. The molecule has 1 aromatic carbocycles. The Balaban J connectivity index is 1.52. The van der Waals surface area contributed by atoms with E-state index in [-0.39, 0.29) is 24.0 Å². The van der Waals surface area contributed by atoms with E-state index in [2.05, 4.69) is 10.4 Å². The molecule has 2 aliphatic heterocycles. The number of anilines is 2. The molecule has 1 N–H and O–H groups in total. The fourth-order valence-corrected chi connectivity index (χ4v) is 4.51. The second-order valence-corrected chi connectivity index (χ2v) is 8.20. The van der Waals surface area contributed by atoms with E-state index in [1.54, 1.807) is 12.1 Å². The number of aromatic nitrogens is 2. The van der Waals surface area contributed by atoms with Crippen molar-refractivity contribution in [1.29, 1.82) is 0 Å². The number of hydrogen-bond acceptors (Lipinski definition) is 4. The van der Waals surface area contributed by atoms with E-state index in [9.17, 15) is 22.4 Å². The van der Waals surface area contributed by atoms with Crippen molar-refractivity contribution in [3.8, 4) is 0 Å². The van der Waals surface area contributed by atoms with Crippen molar-refractivity contribution >= 4 is 17.4 Å². The maximum atomic E-state index is 13.8. The largest absolute Gasteiger partial charge is 0.467 e. The lowest BCUT2D eigenvalue weighted by molar-refractivity contribution is -0.174. The second-order valence-electron chi connectivity index (χ2n) is 8.20. The smallest absolute Gasteiger partial charge is 0.410 e. The summed E-state index contributed by atoms with van der Waals surface area (Å²) in [7, 11) is 0. The van der Waals surface area contributed by atoms with Crippen LogP contribution in [0.15, 0.2) is 47.1 Å². The van der Waals surface area contributed by atoms with Crippen LogP contribution in [0.25, 0.3) is 0 Å². The number of alkyl halides is 3. The van der Waals surface area contributed by atoms with Gasteiger partial charge in [0.15, 0.2) is 11.7 Å². The Morgan fingerprint density at radius 2 is 2.06 bits per heavy atom. The molecule has 0 spiro atoms. The lowest BCUT2D eigenvalue weighted by atomic mass is 9.96. The molecule has 32 heavy (non-hydrogen) atoms. The number of hydrogen-bond donors (Lipinski definition) is 1. The Morgan fingerprint density at radius 1 is 1.25 bits per heavy atom. The summed E-state index contributed by atoms with van der Waals surface area (Å²) >= 11 is 0. The maximum Gasteiger partial charge on any atom is 0.410 e. The number of amides is 1. The van der Waals surface area contributed by atoms with Gasteiger partial charge in [-0.25, -0.2) is 9.07 Å². The summed E-state index contributed by atoms with van der Waals surface area (Å²) in [6.07, 6.45) is -2.25. The Bertz CT molecular complexity index is 1160. The lowest BCUT2D eigenvalue weighted by Gasteiger charge is -2.34. The molecule has 3 atom stereocenters. The maximum absolute atomic E-state index is 13.8. The molecular formula is C22H20F4N4O2. The van der Waals surface area contributed by atoms with Crippen molar-refractivity contribution in [3.05, 3.63) is 65.5 Å². The topological polar surface area (TPSA) is 63.3 Å². The number of aryl methyl sites for hydroxylation is 1. The summed E-state index contributed by atoms with van der Waals surface area (Å²) in [5.41, 5.74) is 1.13. The van der Waals surface area contributed by atoms with Crippen LogP contribution in [0.2, 0.25) is 0 Å². The van der Waals surface area contributed by atoms with Crippen molar-refractivity contribution in [2.75, 3.05) is 10.2 Å². The number of benzene rings is 1. The minimum atomic E-state index is -4.56. The first-order chi connectivity index (χ1) is 15.2. The molecule has 3 aromatic rings. The number of halogens is 4. The Hall–Kier alpha value is -3.30. The van der Waals surface area contributed by atoms with Crippen LogP contribution in [0.5, 0.6) is 0 Å². The number of furan rings is 1. The summed E-state index contributed by atoms with van der Waals surface area (Å²) in [6, 6.07) is 5.91. The van der Waals surface area contributed by atoms with E-state index >= 15 is 0 Å². The molecule has 0 unspecified atom stereocenters. The first-order valence-corrected chi connectivity index (χ1v) is 10.3. The number of nitrogens with zero attached hydrogens (tertiary/aromatic N) is 3. The minimum Gasteiger partial charge on any atom is -0.467 e. The molecule has 0 bridgehead atoms. The van der Waals surface area contributed by atoms with Crippen molar-refractivity contribution in [2.24, 2.45) is 0 Å². The third kappa shape index (κ3) is 3.43. The van der Waals surface area contributed by atoms with Crippen molar-refractivity contribution < 1.29 is 26.8 Å². The molecule has 2 aromatic heterocycles. The zero-order valence-electron chi connectivity index (χ0n) is 17.1. The normalized spacial score (nSPS) is 22.8. The van der Waals surface area contributed by atoms with Gasteiger partial charge in [-0.15, -0.1) is 0 Å². The monoisotopic (exact) mass is 448 g/mol. The van der Waals surface area contributed by atoms with Gasteiger partial charge in [-0.2, -0.15) is 18.3 Å². The molecule has 0 aliphatic carbocycles. The van der Waals surface area contributed by atoms with Crippen molar-refractivity contribution in [3.63, 3.8) is 0 Å². The molecule has 0 radical (unpaired) electrons. The highest BCUT2D eigenvalue weighted by molar-refractivity contribution is 6.06. The van der Waals surface area contributed by atoms with Gasteiger partial charge in [0.05, 0.1) is 12.3 Å². The van der Waals surface area contributed by atoms with Crippen LogP contribution in [0.4, 0.5) is 29.1 Å². The summed E-state index contributed by atoms with van der Waals surface area (Å²) in [4.78, 5) is 14.9. The number of nitrogens with one attached hydrogen (secondary N) is 1. The zero-order valence-corrected chi connectivity index (χ0v) is 17.1. The van der Waals surface area contributed by atoms with Gasteiger partial charge in [0.25, 0.3) is 5.91 Å². The molecule has 168 valence electrons. The van der Waals surface area contributed by atoms with Crippen molar-refractivity contribution in [1.82, 2.24) is 9.78 Å². The molecule has 0 fully saturated rings. The molecule has 4 heterocycles. The lowest BCUT2D eigenvalue weighted by Crippen LogP contribution is -2.42. The molecule has 0 saturated carbocycles. The summed E-state index contributed by atoms with van der Waals surface area (Å²) in [5.74, 6) is -0.457. The average Bonchev–Trinajstić information content (AvgIpc) is 3.41. The van der Waals surface area contributed by atoms with Gasteiger partial charge in [0.1, 0.15) is 17.4 Å². The quantitative estimate of drug-likeness (QED) is 0.544. The zero-order chi connectivity index (χ0) is 22.6. The van der Waals surface area contributed by atoms with E-state index in [0.29, 0.717) is 29.9 Å². The van der Waals surface area contributed by atoms with Gasteiger partial charge in [-0.05, 0) is 55.7 Å². The van der Waals surface area contributed by atoms with Gasteiger partial charge >= 0.3 is 6.18 Å². The number of carbonyl (C=O) groups is 1. The third-order valence-electron chi connectivity index (χ3n) is 6.09. The minimum absolute atomic E-state index is 0.0901. The Labute approximate surface area is 180 Å². The highest BCUT2D eigenvalue weighted by atomic mass is 19.4. The van der Waals surface area contributed by atoms with Gasteiger partial charge in [0.2, 0.25) is 0 Å². The van der Waals surface area contributed by atoms with Gasteiger partial charge < -0.3 is 14.6 Å². The average molecular weight is 448 g/mol. The van der Waals surface area contributed by atoms with Gasteiger partial charge in [0, 0.05) is 24.2 Å². The van der Waals surface area contributed by atoms with E-state index in [1.165, 1.54) is 35.4 Å². The van der Waals surface area contributed by atoms with Crippen molar-refractivity contribution in [2.45, 2.75) is 50.5 Å². The predicted octanol–water partition coefficient (Wildman–Crippen LogP) is 5.26. The van der Waals surface area contributed by atoms with Crippen LogP contribution in [0.3, 0.4) is 0 Å². The number of rotatable bonds is 2. The molecule has 6 nitrogen and oxygen atoms in total. The summed E-state index contributed by atoms with van der Waals surface area (Å²) < 4.78 is 61.3. The van der Waals surface area contributed by atoms with Crippen LogP contribution in [-0.4, -0.2) is 27.9 Å². The number of carbonyl (C=O) groups excluding carboxylic acids is 1. The Kier molecular flexibility index (Phi) is 4.75. The fourth-order valence-electron chi connectivity index (χ4n) is 4.51. The number of fused-ring (bicyclic) bond motifs is 2. The predicted molar refractivity (Wildman–Crippen MR) is 108 cm³/mol. The fraction of sp³-hybridized carbons (Fsp3) is 0.364. The summed E-state index contributed by atoms with van der Waals surface area (Å²) in [5, 5.41) is 7.06. The van der Waals surface area contributed by atoms with Crippen LogP contribution in [0.1, 0.15) is 53.7 Å². The van der Waals surface area contributed by atoms with E-state index in [0.717, 1.165) is 4.68 Å². The molecule has 5 rings (SSSR count). The van der Waals surface area contributed by atoms with Crippen LogP contribution in [-0.2, 0) is 6.42 Å². The van der Waals surface area contributed by atoms with Gasteiger partial charge in [-0.3, -0.25) is 4.79 Å². The van der Waals surface area contributed by atoms with Crippen LogP contribution < -0.4 is 10.2 Å². The molecular weight excluding hydrogens is 428 g/mol. The molecule has 1 amide bonds. The van der Waals surface area contributed by atoms with E-state index < -0.39 is 30.0 Å².